The van der Waals surface area contributed by atoms with Crippen LogP contribution in [0.3, 0.4) is 0 Å². The summed E-state index contributed by atoms with van der Waals surface area (Å²) in [7, 11) is 0. The van der Waals surface area contributed by atoms with Crippen molar-refractivity contribution in [2.45, 2.75) is 20.3 Å². The number of anilines is 1. The maximum Gasteiger partial charge on any atom is 0.250 e. The predicted molar refractivity (Wildman–Crippen MR) is 80.3 cm³/mol. The molecule has 0 saturated carbocycles. The Kier molecular flexibility index (Phi) is 4.47. The molecule has 0 aliphatic heterocycles. The molecule has 0 aliphatic carbocycles. The van der Waals surface area contributed by atoms with Gasteiger partial charge in [0, 0.05) is 11.5 Å². The van der Waals surface area contributed by atoms with Crippen LogP contribution in [0.15, 0.2) is 35.7 Å². The summed E-state index contributed by atoms with van der Waals surface area (Å²) in [5.74, 6) is -0.158. The van der Waals surface area contributed by atoms with Gasteiger partial charge in [-0.15, -0.1) is 11.3 Å². The van der Waals surface area contributed by atoms with Crippen LogP contribution in [0.5, 0.6) is 0 Å². The van der Waals surface area contributed by atoms with Gasteiger partial charge in [0.05, 0.1) is 5.69 Å². The van der Waals surface area contributed by atoms with E-state index in [0.29, 0.717) is 5.13 Å². The average molecular weight is 272 g/mol. The molecule has 2 rings (SSSR count). The Bertz CT molecular complexity index is 584. The minimum atomic E-state index is -0.158. The molecule has 0 radical (unpaired) electrons. The molecule has 0 spiro atoms. The largest absolute Gasteiger partial charge is 0.298 e. The molecule has 1 amide bonds. The Labute approximate surface area is 117 Å². The highest BCUT2D eigenvalue weighted by molar-refractivity contribution is 7.13. The van der Waals surface area contributed by atoms with Gasteiger partial charge >= 0.3 is 0 Å². The highest BCUT2D eigenvalue weighted by Gasteiger charge is 2.01. The Hall–Kier alpha value is -1.94. The molecule has 98 valence electrons. The molecule has 1 N–H and O–H groups in total. The van der Waals surface area contributed by atoms with Crippen molar-refractivity contribution in [3.05, 3.63) is 52.5 Å². The smallest absolute Gasteiger partial charge is 0.250 e. The topological polar surface area (TPSA) is 42.0 Å². The average Bonchev–Trinajstić information content (AvgIpc) is 2.82. The quantitative estimate of drug-likeness (QED) is 0.863. The molecule has 4 heteroatoms. The number of amides is 1. The number of aromatic nitrogens is 1. The van der Waals surface area contributed by atoms with Gasteiger partial charge in [-0.2, -0.15) is 0 Å². The maximum atomic E-state index is 11.7. The number of hydrogen-bond acceptors (Lipinski definition) is 3. The Balaban J connectivity index is 1.95. The minimum absolute atomic E-state index is 0.158. The van der Waals surface area contributed by atoms with Crippen molar-refractivity contribution < 1.29 is 4.79 Å². The van der Waals surface area contributed by atoms with E-state index in [2.05, 4.69) is 29.4 Å². The fourth-order valence-electron chi connectivity index (χ4n) is 1.59. The molecule has 0 saturated heterocycles. The third kappa shape index (κ3) is 4.03. The van der Waals surface area contributed by atoms with Crippen LogP contribution in [0.4, 0.5) is 5.13 Å². The van der Waals surface area contributed by atoms with Crippen molar-refractivity contribution >= 4 is 28.5 Å². The Morgan fingerprint density at radius 1 is 1.37 bits per heavy atom. The predicted octanol–water partition coefficient (Wildman–Crippen LogP) is 3.67. The van der Waals surface area contributed by atoms with Crippen LogP contribution in [0.2, 0.25) is 0 Å². The number of rotatable bonds is 4. The van der Waals surface area contributed by atoms with Gasteiger partial charge in [-0.3, -0.25) is 10.1 Å². The van der Waals surface area contributed by atoms with E-state index in [0.717, 1.165) is 17.7 Å². The number of thiazole rings is 1. The Morgan fingerprint density at radius 3 is 2.68 bits per heavy atom. The van der Waals surface area contributed by atoms with Crippen molar-refractivity contribution in [1.29, 1.82) is 0 Å². The first-order valence-corrected chi connectivity index (χ1v) is 7.05. The first-order chi connectivity index (χ1) is 9.17. The second kappa shape index (κ2) is 6.29. The minimum Gasteiger partial charge on any atom is -0.298 e. The SMILES string of the molecule is CCc1ccc(/C=C/C(=O)Nc2nc(C)cs2)cc1. The van der Waals surface area contributed by atoms with Crippen LogP contribution in [-0.2, 0) is 11.2 Å². The third-order valence-electron chi connectivity index (χ3n) is 2.66. The summed E-state index contributed by atoms with van der Waals surface area (Å²) in [5, 5.41) is 5.28. The van der Waals surface area contributed by atoms with Gasteiger partial charge in [-0.05, 0) is 30.5 Å². The highest BCUT2D eigenvalue weighted by atomic mass is 32.1. The van der Waals surface area contributed by atoms with Crippen molar-refractivity contribution in [3.63, 3.8) is 0 Å². The van der Waals surface area contributed by atoms with E-state index < -0.39 is 0 Å². The molecular formula is C15H16N2OS. The van der Waals surface area contributed by atoms with Crippen LogP contribution >= 0.6 is 11.3 Å². The van der Waals surface area contributed by atoms with E-state index >= 15 is 0 Å². The molecule has 0 fully saturated rings. The van der Waals surface area contributed by atoms with E-state index in [1.54, 1.807) is 6.08 Å². The van der Waals surface area contributed by atoms with Gasteiger partial charge in [0.25, 0.3) is 0 Å². The summed E-state index contributed by atoms with van der Waals surface area (Å²) in [4.78, 5) is 15.9. The lowest BCUT2D eigenvalue weighted by atomic mass is 10.1. The van der Waals surface area contributed by atoms with Crippen molar-refractivity contribution in [1.82, 2.24) is 4.98 Å². The van der Waals surface area contributed by atoms with Crippen molar-refractivity contribution in [2.24, 2.45) is 0 Å². The van der Waals surface area contributed by atoms with Gasteiger partial charge in [-0.1, -0.05) is 31.2 Å². The van der Waals surface area contributed by atoms with Crippen LogP contribution in [-0.4, -0.2) is 10.9 Å². The monoisotopic (exact) mass is 272 g/mol. The highest BCUT2D eigenvalue weighted by Crippen LogP contribution is 2.14. The molecule has 19 heavy (non-hydrogen) atoms. The molecule has 1 heterocycles. The van der Waals surface area contributed by atoms with Crippen molar-refractivity contribution in [3.8, 4) is 0 Å². The second-order valence-corrected chi connectivity index (χ2v) is 5.07. The van der Waals surface area contributed by atoms with E-state index in [1.165, 1.54) is 23.0 Å². The lowest BCUT2D eigenvalue weighted by Gasteiger charge is -1.98. The van der Waals surface area contributed by atoms with Gasteiger partial charge in [-0.25, -0.2) is 4.98 Å². The molecule has 3 nitrogen and oxygen atoms in total. The molecule has 1 aromatic carbocycles. The number of nitrogens with zero attached hydrogens (tertiary/aromatic N) is 1. The maximum absolute atomic E-state index is 11.7. The zero-order valence-electron chi connectivity index (χ0n) is 11.0. The van der Waals surface area contributed by atoms with Gasteiger partial charge in [0.1, 0.15) is 0 Å². The van der Waals surface area contributed by atoms with E-state index in [9.17, 15) is 4.79 Å². The molecule has 1 aromatic heterocycles. The molecule has 0 bridgehead atoms. The standard InChI is InChI=1S/C15H16N2OS/c1-3-12-4-6-13(7-5-12)8-9-14(18)17-15-16-11(2)10-19-15/h4-10H,3H2,1-2H3,(H,16,17,18)/b9-8+. The van der Waals surface area contributed by atoms with Crippen molar-refractivity contribution in [2.75, 3.05) is 5.32 Å². The molecular weight excluding hydrogens is 256 g/mol. The number of carbonyl (C=O) groups is 1. The van der Waals surface area contributed by atoms with Crippen LogP contribution in [0, 0.1) is 6.92 Å². The van der Waals surface area contributed by atoms with E-state index in [1.807, 2.05) is 24.4 Å². The zero-order chi connectivity index (χ0) is 13.7. The third-order valence-corrected chi connectivity index (χ3v) is 3.54. The number of benzene rings is 1. The number of aryl methyl sites for hydroxylation is 2. The van der Waals surface area contributed by atoms with E-state index in [4.69, 9.17) is 0 Å². The second-order valence-electron chi connectivity index (χ2n) is 4.21. The first kappa shape index (κ1) is 13.5. The van der Waals surface area contributed by atoms with Gasteiger partial charge in [0.15, 0.2) is 5.13 Å². The van der Waals surface area contributed by atoms with Crippen LogP contribution in [0.25, 0.3) is 6.08 Å². The lowest BCUT2D eigenvalue weighted by Crippen LogP contribution is -2.07. The summed E-state index contributed by atoms with van der Waals surface area (Å²) in [5.41, 5.74) is 3.22. The number of hydrogen-bond donors (Lipinski definition) is 1. The number of carbonyl (C=O) groups excluding carboxylic acids is 1. The Morgan fingerprint density at radius 2 is 2.11 bits per heavy atom. The summed E-state index contributed by atoms with van der Waals surface area (Å²) in [6.07, 6.45) is 4.35. The van der Waals surface area contributed by atoms with Crippen LogP contribution < -0.4 is 5.32 Å². The van der Waals surface area contributed by atoms with E-state index in [-0.39, 0.29) is 5.91 Å². The van der Waals surface area contributed by atoms with Gasteiger partial charge in [0.2, 0.25) is 5.91 Å². The molecule has 0 atom stereocenters. The number of nitrogens with one attached hydrogen (secondary N) is 1. The summed E-state index contributed by atoms with van der Waals surface area (Å²) < 4.78 is 0. The van der Waals surface area contributed by atoms with Gasteiger partial charge < -0.3 is 0 Å². The fourth-order valence-corrected chi connectivity index (χ4v) is 2.29. The molecule has 0 unspecified atom stereocenters. The summed E-state index contributed by atoms with van der Waals surface area (Å²) in [6, 6.07) is 8.16. The molecule has 2 aromatic rings. The normalized spacial score (nSPS) is 10.8. The van der Waals surface area contributed by atoms with Crippen LogP contribution in [0.1, 0.15) is 23.7 Å². The molecule has 0 aliphatic rings. The lowest BCUT2D eigenvalue weighted by molar-refractivity contribution is -0.111. The summed E-state index contributed by atoms with van der Waals surface area (Å²) in [6.45, 7) is 4.02. The fraction of sp³-hybridized carbons (Fsp3) is 0.200. The zero-order valence-corrected chi connectivity index (χ0v) is 11.8. The first-order valence-electron chi connectivity index (χ1n) is 6.17. The summed E-state index contributed by atoms with van der Waals surface area (Å²) >= 11 is 1.43.